The van der Waals surface area contributed by atoms with Crippen molar-refractivity contribution in [2.45, 2.75) is 6.92 Å². The first-order valence-corrected chi connectivity index (χ1v) is 9.61. The van der Waals surface area contributed by atoms with Crippen LogP contribution in [0.4, 0.5) is 5.69 Å². The van der Waals surface area contributed by atoms with Gasteiger partial charge in [-0.2, -0.15) is 0 Å². The van der Waals surface area contributed by atoms with E-state index in [2.05, 4.69) is 32.0 Å². The lowest BCUT2D eigenvalue weighted by atomic mass is 10.1. The first-order valence-electron chi connectivity index (χ1n) is 9.61. The smallest absolute Gasteiger partial charge is 0.316 e. The van der Waals surface area contributed by atoms with Gasteiger partial charge in [-0.25, -0.2) is 9.97 Å². The number of para-hydroxylation sites is 1. The van der Waals surface area contributed by atoms with Crippen LogP contribution >= 0.6 is 0 Å². The third-order valence-corrected chi connectivity index (χ3v) is 4.83. The summed E-state index contributed by atoms with van der Waals surface area (Å²) in [6.45, 7) is 4.81. The van der Waals surface area contributed by atoms with Crippen molar-refractivity contribution < 1.29 is 9.53 Å². The largest absolute Gasteiger partial charge is 0.467 e. The number of aromatic nitrogens is 2. The Balaban J connectivity index is 1.64. The average molecular weight is 394 g/mol. The van der Waals surface area contributed by atoms with Gasteiger partial charge >= 0.3 is 6.01 Å². The Bertz CT molecular complexity index is 860. The van der Waals surface area contributed by atoms with Gasteiger partial charge in [0, 0.05) is 73.7 Å². The highest BCUT2D eigenvalue weighted by Gasteiger charge is 2.22. The van der Waals surface area contributed by atoms with Crippen molar-refractivity contribution in [2.75, 3.05) is 44.7 Å². The average Bonchev–Trinajstić information content (AvgIpc) is 2.79. The van der Waals surface area contributed by atoms with E-state index in [1.165, 1.54) is 6.21 Å². The van der Waals surface area contributed by atoms with E-state index in [0.29, 0.717) is 19.1 Å². The number of carbonyl (C=O) groups is 1. The lowest BCUT2D eigenvalue weighted by Crippen LogP contribution is -2.49. The van der Waals surface area contributed by atoms with Crippen LogP contribution in [-0.4, -0.2) is 73.0 Å². The number of piperazine rings is 1. The number of methoxy groups -OCH3 is 1. The highest BCUT2D eigenvalue weighted by atomic mass is 16.5. The van der Waals surface area contributed by atoms with E-state index in [-0.39, 0.29) is 18.4 Å². The molecule has 1 unspecified atom stereocenters. The molecule has 29 heavy (non-hydrogen) atoms. The van der Waals surface area contributed by atoms with Gasteiger partial charge in [0.15, 0.2) is 0 Å². The van der Waals surface area contributed by atoms with E-state index in [1.807, 2.05) is 24.0 Å². The zero-order valence-electron chi connectivity index (χ0n) is 16.8. The maximum atomic E-state index is 12.4. The number of amides is 1. The van der Waals surface area contributed by atoms with E-state index < -0.39 is 0 Å². The van der Waals surface area contributed by atoms with Gasteiger partial charge in [0.2, 0.25) is 5.91 Å². The quantitative estimate of drug-likeness (QED) is 0.726. The third-order valence-electron chi connectivity index (χ3n) is 4.83. The topological polar surface area (TPSA) is 94.8 Å². The molecule has 1 atom stereocenters. The number of carbonyl (C=O) groups excluding carboxylic acids is 1. The molecule has 1 amide bonds. The van der Waals surface area contributed by atoms with E-state index in [0.717, 1.165) is 29.9 Å². The second kappa shape index (κ2) is 9.77. The number of anilines is 1. The molecule has 8 nitrogen and oxygen atoms in total. The van der Waals surface area contributed by atoms with E-state index >= 15 is 0 Å². The van der Waals surface area contributed by atoms with Crippen molar-refractivity contribution in [3.05, 3.63) is 36.7 Å². The van der Waals surface area contributed by atoms with Gasteiger partial charge < -0.3 is 19.9 Å². The minimum Gasteiger partial charge on any atom is -0.467 e. The Labute approximate surface area is 170 Å². The summed E-state index contributed by atoms with van der Waals surface area (Å²) in [5, 5.41) is 7.16. The number of nitrogens with zero attached hydrogens (tertiary/aromatic N) is 5. The Morgan fingerprint density at radius 3 is 2.59 bits per heavy atom. The summed E-state index contributed by atoms with van der Waals surface area (Å²) in [6.07, 6.45) is 6.47. The van der Waals surface area contributed by atoms with Crippen molar-refractivity contribution in [3.8, 4) is 17.1 Å². The van der Waals surface area contributed by atoms with Gasteiger partial charge in [0.25, 0.3) is 0 Å². The molecule has 1 fully saturated rings. The predicted octanol–water partition coefficient (Wildman–Crippen LogP) is 2.16. The molecule has 0 saturated carbocycles. The summed E-state index contributed by atoms with van der Waals surface area (Å²) in [6, 6.07) is 8.49. The fourth-order valence-electron chi connectivity index (χ4n) is 3.19. The number of ether oxygens (including phenoxy) is 1. The molecule has 0 radical (unpaired) electrons. The highest BCUT2D eigenvalue weighted by Crippen LogP contribution is 2.31. The number of benzene rings is 1. The minimum atomic E-state index is -0.0434. The molecule has 1 aromatic heterocycles. The number of aliphatic imine (C=N–C) groups is 1. The lowest BCUT2D eigenvalue weighted by molar-refractivity contribution is -0.129. The standard InChI is InChI=1S/C21H26N6O2/c1-16(11-22)12-23-15-20(28)27-9-7-26(8-10-27)19-6-4-3-5-18(19)17-13-24-21(29-2)25-14-17/h3-6,11-14,16,22H,7-10,15H2,1-2H3. The second-order valence-corrected chi connectivity index (χ2v) is 6.86. The van der Waals surface area contributed by atoms with Crippen LogP contribution in [0.15, 0.2) is 41.7 Å². The van der Waals surface area contributed by atoms with Gasteiger partial charge in [0.05, 0.1) is 7.11 Å². The molecule has 2 heterocycles. The minimum absolute atomic E-state index is 0.0231. The SMILES string of the molecule is COc1ncc(-c2ccccc2N2CCN(C(=O)CN=CC(C)C=N)CC2)cn1. The monoisotopic (exact) mass is 394 g/mol. The summed E-state index contributed by atoms with van der Waals surface area (Å²) >= 11 is 0. The number of hydrogen-bond donors (Lipinski definition) is 1. The van der Waals surface area contributed by atoms with E-state index in [4.69, 9.17) is 10.1 Å². The fraction of sp³-hybridized carbons (Fsp3) is 0.381. The molecule has 8 heteroatoms. The van der Waals surface area contributed by atoms with Crippen molar-refractivity contribution in [1.29, 1.82) is 5.41 Å². The molecule has 152 valence electrons. The number of hydrogen-bond acceptors (Lipinski definition) is 7. The molecule has 0 bridgehead atoms. The van der Waals surface area contributed by atoms with E-state index in [1.54, 1.807) is 25.7 Å². The molecule has 0 aliphatic carbocycles. The lowest BCUT2D eigenvalue weighted by Gasteiger charge is -2.36. The maximum absolute atomic E-state index is 12.4. The van der Waals surface area contributed by atoms with Crippen molar-refractivity contribution in [3.63, 3.8) is 0 Å². The first kappa shape index (κ1) is 20.4. The van der Waals surface area contributed by atoms with Crippen LogP contribution in [0.2, 0.25) is 0 Å². The number of rotatable bonds is 7. The zero-order valence-corrected chi connectivity index (χ0v) is 16.8. The summed E-state index contributed by atoms with van der Waals surface area (Å²) in [5.41, 5.74) is 3.08. The Morgan fingerprint density at radius 2 is 1.93 bits per heavy atom. The molecule has 1 aliphatic rings. The van der Waals surface area contributed by atoms with Crippen molar-refractivity contribution >= 4 is 24.0 Å². The number of nitrogens with one attached hydrogen (secondary N) is 1. The van der Waals surface area contributed by atoms with Crippen LogP contribution in [0.5, 0.6) is 6.01 Å². The Kier molecular flexibility index (Phi) is 6.89. The molecule has 1 aromatic carbocycles. The normalized spacial score (nSPS) is 15.4. The van der Waals surface area contributed by atoms with Gasteiger partial charge in [-0.15, -0.1) is 0 Å². The van der Waals surface area contributed by atoms with Crippen molar-refractivity contribution in [1.82, 2.24) is 14.9 Å². The van der Waals surface area contributed by atoms with Gasteiger partial charge in [-0.1, -0.05) is 25.1 Å². The van der Waals surface area contributed by atoms with Crippen LogP contribution in [0, 0.1) is 11.3 Å². The molecule has 1 aliphatic heterocycles. The summed E-state index contributed by atoms with van der Waals surface area (Å²) in [5.74, 6) is -0.0204. The summed E-state index contributed by atoms with van der Waals surface area (Å²) in [4.78, 5) is 29.1. The molecule has 3 rings (SSSR count). The van der Waals surface area contributed by atoms with Crippen molar-refractivity contribution in [2.24, 2.45) is 10.9 Å². The molecular formula is C21H26N6O2. The maximum Gasteiger partial charge on any atom is 0.316 e. The van der Waals surface area contributed by atoms with Crippen LogP contribution in [0.1, 0.15) is 6.92 Å². The third kappa shape index (κ3) is 5.16. The van der Waals surface area contributed by atoms with Crippen LogP contribution < -0.4 is 9.64 Å². The van der Waals surface area contributed by atoms with Crippen LogP contribution in [0.3, 0.4) is 0 Å². The molecule has 1 N–H and O–H groups in total. The van der Waals surface area contributed by atoms with Gasteiger partial charge in [-0.05, 0) is 6.07 Å². The highest BCUT2D eigenvalue weighted by molar-refractivity contribution is 5.85. The molecule has 1 saturated heterocycles. The van der Waals surface area contributed by atoms with E-state index in [9.17, 15) is 4.79 Å². The van der Waals surface area contributed by atoms with Crippen LogP contribution in [0.25, 0.3) is 11.1 Å². The predicted molar refractivity (Wildman–Crippen MR) is 114 cm³/mol. The Morgan fingerprint density at radius 1 is 1.24 bits per heavy atom. The first-order chi connectivity index (χ1) is 14.1. The molecular weight excluding hydrogens is 368 g/mol. The Hall–Kier alpha value is -3.29. The summed E-state index contributed by atoms with van der Waals surface area (Å²) < 4.78 is 5.04. The molecule has 2 aromatic rings. The van der Waals surface area contributed by atoms with Gasteiger partial charge in [-0.3, -0.25) is 9.79 Å². The zero-order chi connectivity index (χ0) is 20.6. The van der Waals surface area contributed by atoms with Gasteiger partial charge in [0.1, 0.15) is 6.54 Å². The summed E-state index contributed by atoms with van der Waals surface area (Å²) in [7, 11) is 1.55. The fourth-order valence-corrected chi connectivity index (χ4v) is 3.19. The second-order valence-electron chi connectivity index (χ2n) is 6.86. The molecule has 0 spiro atoms. The van der Waals surface area contributed by atoms with Crippen LogP contribution in [-0.2, 0) is 4.79 Å².